The second-order valence-electron chi connectivity index (χ2n) is 9.94. The molecule has 3 aromatic rings. The van der Waals surface area contributed by atoms with Crippen LogP contribution in [0.5, 0.6) is 0 Å². The predicted molar refractivity (Wildman–Crippen MR) is 171 cm³/mol. The van der Waals surface area contributed by atoms with Crippen LogP contribution in [-0.4, -0.2) is 16.6 Å². The number of aliphatic hydroxyl groups excluding tert-OH is 1. The van der Waals surface area contributed by atoms with Crippen molar-refractivity contribution in [3.8, 4) is 11.1 Å². The van der Waals surface area contributed by atoms with Crippen molar-refractivity contribution in [2.75, 3.05) is 6.54 Å². The molecule has 1 N–H and O–H groups in total. The number of rotatable bonds is 10. The van der Waals surface area contributed by atoms with Gasteiger partial charge in [0.1, 0.15) is 0 Å². The van der Waals surface area contributed by atoms with Crippen LogP contribution >= 0.6 is 22.6 Å². The molecule has 0 atom stereocenters. The van der Waals surface area contributed by atoms with Crippen LogP contribution in [0.25, 0.3) is 16.7 Å². The summed E-state index contributed by atoms with van der Waals surface area (Å²) in [5.74, 6) is 0.486. The predicted octanol–water partition coefficient (Wildman–Crippen LogP) is 9.80. The van der Waals surface area contributed by atoms with Gasteiger partial charge in [0.25, 0.3) is 0 Å². The molecule has 196 valence electrons. The zero-order chi connectivity index (χ0) is 26.9. The van der Waals surface area contributed by atoms with E-state index in [9.17, 15) is 5.11 Å². The Morgan fingerprint density at radius 2 is 1.61 bits per heavy atom. The lowest BCUT2D eigenvalue weighted by atomic mass is 9.93. The summed E-state index contributed by atoms with van der Waals surface area (Å²) in [7, 11) is 0. The van der Waals surface area contributed by atoms with Crippen molar-refractivity contribution < 1.29 is 5.11 Å². The van der Waals surface area contributed by atoms with E-state index in [1.807, 2.05) is 6.92 Å². The molecule has 0 bridgehead atoms. The van der Waals surface area contributed by atoms with Crippen molar-refractivity contribution in [1.29, 1.82) is 0 Å². The summed E-state index contributed by atoms with van der Waals surface area (Å²) in [4.78, 5) is 2.40. The number of aliphatic hydroxyl groups is 1. The fourth-order valence-electron chi connectivity index (χ4n) is 5.06. The molecule has 2 nitrogen and oxygen atoms in total. The number of benzene rings is 3. The number of aryl methyl sites for hydroxylation is 3. The Bertz CT molecular complexity index is 1360. The molecule has 1 aliphatic heterocycles. The quantitative estimate of drug-likeness (QED) is 0.181. The van der Waals surface area contributed by atoms with E-state index in [-0.39, 0.29) is 0 Å². The summed E-state index contributed by atoms with van der Waals surface area (Å²) in [5, 5.41) is 9.70. The van der Waals surface area contributed by atoms with Crippen molar-refractivity contribution >= 4 is 28.2 Å². The fourth-order valence-corrected chi connectivity index (χ4v) is 5.89. The monoisotopic (exact) mass is 615 g/mol. The van der Waals surface area contributed by atoms with Gasteiger partial charge >= 0.3 is 0 Å². The van der Waals surface area contributed by atoms with Gasteiger partial charge in [0, 0.05) is 28.4 Å². The topological polar surface area (TPSA) is 23.5 Å². The van der Waals surface area contributed by atoms with E-state index in [2.05, 4.69) is 132 Å². The van der Waals surface area contributed by atoms with Crippen LogP contribution in [-0.2, 0) is 12.8 Å². The standard InChI is InChI=1S/C35H38INO/c1-4-32-19-18-29(34-16-6-7-17-35(34)30-21-26(3)22-31(36)24-30)25-37(32)20-10-14-28-12-8-11-27(23-28)13-9-15-33(38)5-2/h4-8,11-12,16-19,21-25,38H,9-10,13-15,20H2,1-3H3. The molecular formula is C35H38INO. The van der Waals surface area contributed by atoms with Crippen LogP contribution in [0.15, 0.2) is 109 Å². The van der Waals surface area contributed by atoms with E-state index in [0.29, 0.717) is 5.76 Å². The van der Waals surface area contributed by atoms with Crippen LogP contribution in [0.2, 0.25) is 0 Å². The molecule has 3 heteroatoms. The maximum Gasteiger partial charge on any atom is 0.0880 e. The maximum absolute atomic E-state index is 9.70. The highest BCUT2D eigenvalue weighted by molar-refractivity contribution is 14.1. The Hall–Kier alpha value is -3.05. The molecule has 38 heavy (non-hydrogen) atoms. The molecule has 0 saturated heterocycles. The summed E-state index contributed by atoms with van der Waals surface area (Å²) in [6.45, 7) is 7.13. The van der Waals surface area contributed by atoms with Crippen LogP contribution in [0, 0.1) is 10.5 Å². The summed E-state index contributed by atoms with van der Waals surface area (Å²) in [5.41, 5.74) is 10.3. The normalized spacial score (nSPS) is 14.7. The number of halogens is 1. The SMILES string of the molecule is CC=C(O)CCCc1cccc(CCCN2C=C(c3ccccc3-c3cc(C)cc(I)c3)C=CC2=CC)c1. The number of hydrogen-bond acceptors (Lipinski definition) is 2. The molecule has 0 amide bonds. The zero-order valence-corrected chi connectivity index (χ0v) is 24.9. The van der Waals surface area contributed by atoms with Gasteiger partial charge in [0.05, 0.1) is 5.76 Å². The summed E-state index contributed by atoms with van der Waals surface area (Å²) in [6, 6.07) is 24.4. The van der Waals surface area contributed by atoms with E-state index in [4.69, 9.17) is 0 Å². The van der Waals surface area contributed by atoms with E-state index < -0.39 is 0 Å². The number of nitrogens with zero attached hydrogens (tertiary/aromatic N) is 1. The Morgan fingerprint density at radius 1 is 0.868 bits per heavy atom. The number of hydrogen-bond donors (Lipinski definition) is 1. The lowest BCUT2D eigenvalue weighted by Gasteiger charge is -2.27. The molecule has 0 fully saturated rings. The molecule has 0 unspecified atom stereocenters. The van der Waals surface area contributed by atoms with Crippen LogP contribution < -0.4 is 0 Å². The molecule has 0 aromatic heterocycles. The third kappa shape index (κ3) is 7.50. The van der Waals surface area contributed by atoms with Crippen molar-refractivity contribution in [1.82, 2.24) is 4.90 Å². The highest BCUT2D eigenvalue weighted by Gasteiger charge is 2.15. The molecule has 1 aliphatic rings. The summed E-state index contributed by atoms with van der Waals surface area (Å²) >= 11 is 2.41. The van der Waals surface area contributed by atoms with Crippen LogP contribution in [0.1, 0.15) is 55.4 Å². The zero-order valence-electron chi connectivity index (χ0n) is 22.8. The molecule has 0 spiro atoms. The van der Waals surface area contributed by atoms with Crippen molar-refractivity contribution in [3.63, 3.8) is 0 Å². The van der Waals surface area contributed by atoms with Gasteiger partial charge in [-0.1, -0.05) is 66.7 Å². The number of allylic oxidation sites excluding steroid dienone is 6. The van der Waals surface area contributed by atoms with Crippen molar-refractivity contribution in [2.45, 2.75) is 52.9 Å². The highest BCUT2D eigenvalue weighted by Crippen LogP contribution is 2.34. The molecule has 0 saturated carbocycles. The average molecular weight is 616 g/mol. The Morgan fingerprint density at radius 3 is 2.32 bits per heavy atom. The van der Waals surface area contributed by atoms with Crippen molar-refractivity contribution in [2.24, 2.45) is 0 Å². The molecular weight excluding hydrogens is 577 g/mol. The minimum atomic E-state index is 0.486. The van der Waals surface area contributed by atoms with Gasteiger partial charge < -0.3 is 10.0 Å². The highest BCUT2D eigenvalue weighted by atomic mass is 127. The van der Waals surface area contributed by atoms with E-state index in [1.165, 1.54) is 48.2 Å². The molecule has 0 aliphatic carbocycles. The Labute approximate surface area is 242 Å². The smallest absolute Gasteiger partial charge is 0.0880 e. The summed E-state index contributed by atoms with van der Waals surface area (Å²) in [6.07, 6.45) is 15.6. The van der Waals surface area contributed by atoms with Gasteiger partial charge in [-0.2, -0.15) is 0 Å². The second kappa shape index (κ2) is 13.7. The van der Waals surface area contributed by atoms with Crippen LogP contribution in [0.3, 0.4) is 0 Å². The van der Waals surface area contributed by atoms with E-state index in [0.717, 1.165) is 38.6 Å². The third-order valence-electron chi connectivity index (χ3n) is 7.03. The van der Waals surface area contributed by atoms with Gasteiger partial charge in [0.2, 0.25) is 0 Å². The fraction of sp³-hybridized carbons (Fsp3) is 0.257. The first-order valence-electron chi connectivity index (χ1n) is 13.6. The molecule has 1 heterocycles. The van der Waals surface area contributed by atoms with Crippen molar-refractivity contribution in [3.05, 3.63) is 135 Å². The Kier molecular flexibility index (Phi) is 10.1. The lowest BCUT2D eigenvalue weighted by molar-refractivity contribution is 0.383. The minimum absolute atomic E-state index is 0.486. The van der Waals surface area contributed by atoms with Gasteiger partial charge in [-0.3, -0.25) is 0 Å². The molecule has 0 radical (unpaired) electrons. The molecule has 4 rings (SSSR count). The minimum Gasteiger partial charge on any atom is -0.513 e. The Balaban J connectivity index is 1.46. The van der Waals surface area contributed by atoms with Gasteiger partial charge in [-0.15, -0.1) is 0 Å². The van der Waals surface area contributed by atoms with Crippen LogP contribution in [0.4, 0.5) is 0 Å². The van der Waals surface area contributed by atoms with Gasteiger partial charge in [-0.05, 0) is 132 Å². The molecule has 3 aromatic carbocycles. The summed E-state index contributed by atoms with van der Waals surface area (Å²) < 4.78 is 1.26. The maximum atomic E-state index is 9.70. The lowest BCUT2D eigenvalue weighted by Crippen LogP contribution is -2.20. The first-order chi connectivity index (χ1) is 18.5. The second-order valence-corrected chi connectivity index (χ2v) is 11.2. The van der Waals surface area contributed by atoms with Gasteiger partial charge in [0.15, 0.2) is 0 Å². The first-order valence-corrected chi connectivity index (χ1v) is 14.7. The first kappa shape index (κ1) is 28.0. The van der Waals surface area contributed by atoms with E-state index in [1.54, 1.807) is 6.08 Å². The van der Waals surface area contributed by atoms with E-state index >= 15 is 0 Å². The largest absolute Gasteiger partial charge is 0.513 e. The average Bonchev–Trinajstić information content (AvgIpc) is 2.92. The van der Waals surface area contributed by atoms with Gasteiger partial charge in [-0.25, -0.2) is 0 Å². The third-order valence-corrected chi connectivity index (χ3v) is 7.66.